The second kappa shape index (κ2) is 5.11. The minimum absolute atomic E-state index is 0.0322. The highest BCUT2D eigenvalue weighted by Gasteiger charge is 2.06. The van der Waals surface area contributed by atoms with Crippen molar-refractivity contribution in [2.75, 3.05) is 12.0 Å². The Balaban J connectivity index is 2.84. The third-order valence-electron chi connectivity index (χ3n) is 1.72. The summed E-state index contributed by atoms with van der Waals surface area (Å²) in [5.74, 6) is 0.887. The molecule has 0 aromatic heterocycles. The van der Waals surface area contributed by atoms with Crippen LogP contribution < -0.4 is 5.73 Å². The first-order chi connectivity index (χ1) is 6.15. The third-order valence-corrected chi connectivity index (χ3v) is 3.15. The molecule has 1 atom stereocenters. The van der Waals surface area contributed by atoms with E-state index < -0.39 is 0 Å². The lowest BCUT2D eigenvalue weighted by atomic mass is 10.1. The van der Waals surface area contributed by atoms with Crippen molar-refractivity contribution in [1.29, 1.82) is 0 Å². The van der Waals surface area contributed by atoms with Crippen molar-refractivity contribution in [2.45, 2.75) is 6.04 Å². The molecule has 0 amide bonds. The summed E-state index contributed by atoms with van der Waals surface area (Å²) in [4.78, 5) is 0. The van der Waals surface area contributed by atoms with Gasteiger partial charge in [0.25, 0.3) is 0 Å². The number of halogens is 2. The van der Waals surface area contributed by atoms with Crippen molar-refractivity contribution in [1.82, 2.24) is 0 Å². The molecule has 0 aliphatic rings. The van der Waals surface area contributed by atoms with Gasteiger partial charge >= 0.3 is 0 Å². The maximum Gasteiger partial charge on any atom is 0.0595 e. The summed E-state index contributed by atoms with van der Waals surface area (Å²) in [5, 5.41) is 1.14. The number of hydrogen-bond donors (Lipinski definition) is 1. The van der Waals surface area contributed by atoms with Crippen molar-refractivity contribution >= 4 is 35.0 Å². The fraction of sp³-hybridized carbons (Fsp3) is 0.333. The Kier molecular flexibility index (Phi) is 4.39. The van der Waals surface area contributed by atoms with Crippen LogP contribution in [0.1, 0.15) is 11.6 Å². The van der Waals surface area contributed by atoms with E-state index in [9.17, 15) is 0 Å². The molecular weight excluding hydrogens is 225 g/mol. The zero-order chi connectivity index (χ0) is 9.84. The van der Waals surface area contributed by atoms with Crippen molar-refractivity contribution < 1.29 is 0 Å². The first-order valence-electron chi connectivity index (χ1n) is 3.84. The summed E-state index contributed by atoms with van der Waals surface area (Å²) in [6, 6.07) is 5.55. The summed E-state index contributed by atoms with van der Waals surface area (Å²) in [7, 11) is 0. The molecule has 1 rings (SSSR count). The van der Waals surface area contributed by atoms with E-state index in [4.69, 9.17) is 28.9 Å². The Morgan fingerprint density at radius 3 is 2.62 bits per heavy atom. The van der Waals surface area contributed by atoms with Crippen LogP contribution in [0, 0.1) is 0 Å². The predicted molar refractivity (Wildman–Crippen MR) is 61.8 cm³/mol. The SMILES string of the molecule is CSCC(N)c1ccc(Cl)c(Cl)c1. The molecule has 1 nitrogen and oxygen atoms in total. The van der Waals surface area contributed by atoms with Crippen molar-refractivity contribution in [2.24, 2.45) is 5.73 Å². The molecule has 0 saturated heterocycles. The monoisotopic (exact) mass is 235 g/mol. The molecular formula is C9H11Cl2NS. The highest BCUT2D eigenvalue weighted by molar-refractivity contribution is 7.98. The van der Waals surface area contributed by atoms with Gasteiger partial charge in [-0.05, 0) is 24.0 Å². The smallest absolute Gasteiger partial charge is 0.0595 e. The van der Waals surface area contributed by atoms with Gasteiger partial charge in [-0.15, -0.1) is 0 Å². The van der Waals surface area contributed by atoms with Gasteiger partial charge in [0.1, 0.15) is 0 Å². The summed E-state index contributed by atoms with van der Waals surface area (Å²) in [6.45, 7) is 0. The molecule has 0 saturated carbocycles. The molecule has 0 heterocycles. The fourth-order valence-electron chi connectivity index (χ4n) is 1.02. The average molecular weight is 236 g/mol. The van der Waals surface area contributed by atoms with Gasteiger partial charge in [-0.3, -0.25) is 0 Å². The number of benzene rings is 1. The molecule has 1 aromatic carbocycles. The Morgan fingerprint density at radius 1 is 1.38 bits per heavy atom. The summed E-state index contributed by atoms with van der Waals surface area (Å²) >= 11 is 13.4. The van der Waals surface area contributed by atoms with E-state index in [1.807, 2.05) is 18.4 Å². The van der Waals surface area contributed by atoms with E-state index in [0.29, 0.717) is 10.0 Å². The van der Waals surface area contributed by atoms with Crippen molar-refractivity contribution in [3.05, 3.63) is 33.8 Å². The lowest BCUT2D eigenvalue weighted by Crippen LogP contribution is -2.12. The zero-order valence-corrected chi connectivity index (χ0v) is 9.59. The Bertz CT molecular complexity index is 291. The van der Waals surface area contributed by atoms with Gasteiger partial charge in [0.05, 0.1) is 10.0 Å². The van der Waals surface area contributed by atoms with E-state index in [0.717, 1.165) is 11.3 Å². The van der Waals surface area contributed by atoms with Crippen LogP contribution in [0.15, 0.2) is 18.2 Å². The second-order valence-corrected chi connectivity index (χ2v) is 4.46. The molecule has 4 heteroatoms. The normalized spacial score (nSPS) is 12.9. The van der Waals surface area contributed by atoms with Crippen molar-refractivity contribution in [3.63, 3.8) is 0 Å². The van der Waals surface area contributed by atoms with Gasteiger partial charge in [0.15, 0.2) is 0 Å². The van der Waals surface area contributed by atoms with Gasteiger partial charge in [-0.2, -0.15) is 11.8 Å². The van der Waals surface area contributed by atoms with Gasteiger partial charge in [-0.1, -0.05) is 29.3 Å². The van der Waals surface area contributed by atoms with Crippen molar-refractivity contribution in [3.8, 4) is 0 Å². The van der Waals surface area contributed by atoms with Gasteiger partial charge in [0.2, 0.25) is 0 Å². The predicted octanol–water partition coefficient (Wildman–Crippen LogP) is 3.36. The average Bonchev–Trinajstić information content (AvgIpc) is 2.10. The van der Waals surface area contributed by atoms with Crippen LogP contribution in [0.25, 0.3) is 0 Å². The minimum atomic E-state index is 0.0322. The van der Waals surface area contributed by atoms with Crippen LogP contribution in [0.3, 0.4) is 0 Å². The van der Waals surface area contributed by atoms with E-state index in [1.165, 1.54) is 0 Å². The number of hydrogen-bond acceptors (Lipinski definition) is 2. The maximum absolute atomic E-state index is 5.90. The van der Waals surface area contributed by atoms with E-state index in [2.05, 4.69) is 0 Å². The molecule has 13 heavy (non-hydrogen) atoms. The quantitative estimate of drug-likeness (QED) is 0.870. The van der Waals surface area contributed by atoms with Crippen LogP contribution in [-0.2, 0) is 0 Å². The van der Waals surface area contributed by atoms with E-state index >= 15 is 0 Å². The Labute approximate surface area is 92.6 Å². The molecule has 0 bridgehead atoms. The summed E-state index contributed by atoms with van der Waals surface area (Å²) in [6.07, 6.45) is 2.03. The van der Waals surface area contributed by atoms with Crippen LogP contribution in [-0.4, -0.2) is 12.0 Å². The molecule has 72 valence electrons. The number of nitrogens with two attached hydrogens (primary N) is 1. The molecule has 0 radical (unpaired) electrons. The molecule has 0 spiro atoms. The first-order valence-corrected chi connectivity index (χ1v) is 5.99. The summed E-state index contributed by atoms with van der Waals surface area (Å²) in [5.41, 5.74) is 6.93. The maximum atomic E-state index is 5.90. The molecule has 0 aliphatic heterocycles. The first kappa shape index (κ1) is 11.2. The molecule has 1 unspecified atom stereocenters. The standard InChI is InChI=1S/C9H11Cl2NS/c1-13-5-9(12)6-2-3-7(10)8(11)4-6/h2-4,9H,5,12H2,1H3. The molecule has 2 N–H and O–H groups in total. The third kappa shape index (κ3) is 3.06. The largest absolute Gasteiger partial charge is 0.323 e. The molecule has 0 fully saturated rings. The van der Waals surface area contributed by atoms with Crippen LogP contribution in [0.5, 0.6) is 0 Å². The Hall–Kier alpha value is 0.110. The van der Waals surface area contributed by atoms with E-state index in [-0.39, 0.29) is 6.04 Å². The zero-order valence-electron chi connectivity index (χ0n) is 7.26. The van der Waals surface area contributed by atoms with Gasteiger partial charge < -0.3 is 5.73 Å². The minimum Gasteiger partial charge on any atom is -0.323 e. The number of rotatable bonds is 3. The summed E-state index contributed by atoms with van der Waals surface area (Å²) < 4.78 is 0. The van der Waals surface area contributed by atoms with Crippen LogP contribution in [0.4, 0.5) is 0 Å². The topological polar surface area (TPSA) is 26.0 Å². The molecule has 0 aliphatic carbocycles. The van der Waals surface area contributed by atoms with Crippen LogP contribution in [0.2, 0.25) is 10.0 Å². The van der Waals surface area contributed by atoms with Crippen LogP contribution >= 0.6 is 35.0 Å². The highest BCUT2D eigenvalue weighted by Crippen LogP contribution is 2.25. The lowest BCUT2D eigenvalue weighted by molar-refractivity contribution is 0.832. The van der Waals surface area contributed by atoms with Gasteiger partial charge in [0, 0.05) is 11.8 Å². The Morgan fingerprint density at radius 2 is 2.08 bits per heavy atom. The second-order valence-electron chi connectivity index (χ2n) is 2.74. The van der Waals surface area contributed by atoms with E-state index in [1.54, 1.807) is 17.8 Å². The highest BCUT2D eigenvalue weighted by atomic mass is 35.5. The van der Waals surface area contributed by atoms with Gasteiger partial charge in [-0.25, -0.2) is 0 Å². The lowest BCUT2D eigenvalue weighted by Gasteiger charge is -2.10. The fourth-order valence-corrected chi connectivity index (χ4v) is 1.88. The molecule has 1 aromatic rings. The number of thioether (sulfide) groups is 1.